The SMILES string of the molecule is FC(F)c1ccc(-c2nsc(Cl)n2)cc1. The van der Waals surface area contributed by atoms with E-state index in [0.29, 0.717) is 15.9 Å². The van der Waals surface area contributed by atoms with Gasteiger partial charge in [0.05, 0.1) is 0 Å². The fourth-order valence-corrected chi connectivity index (χ4v) is 1.72. The molecule has 15 heavy (non-hydrogen) atoms. The van der Waals surface area contributed by atoms with E-state index in [2.05, 4.69) is 9.36 Å². The molecule has 0 amide bonds. The van der Waals surface area contributed by atoms with E-state index in [1.54, 1.807) is 12.1 Å². The maximum atomic E-state index is 12.3. The van der Waals surface area contributed by atoms with Gasteiger partial charge in [-0.3, -0.25) is 0 Å². The summed E-state index contributed by atoms with van der Waals surface area (Å²) < 4.78 is 28.8. The quantitative estimate of drug-likeness (QED) is 0.806. The molecule has 0 unspecified atom stereocenters. The fraction of sp³-hybridized carbons (Fsp3) is 0.111. The highest BCUT2D eigenvalue weighted by atomic mass is 35.5. The van der Waals surface area contributed by atoms with Gasteiger partial charge in [0.15, 0.2) is 5.82 Å². The molecule has 1 aromatic carbocycles. The van der Waals surface area contributed by atoms with Gasteiger partial charge < -0.3 is 0 Å². The van der Waals surface area contributed by atoms with Crippen molar-refractivity contribution in [1.82, 2.24) is 9.36 Å². The van der Waals surface area contributed by atoms with Crippen LogP contribution in [0.3, 0.4) is 0 Å². The third-order valence-corrected chi connectivity index (χ3v) is 2.62. The first-order valence-electron chi connectivity index (χ1n) is 4.04. The zero-order chi connectivity index (χ0) is 10.8. The highest BCUT2D eigenvalue weighted by Crippen LogP contribution is 2.24. The van der Waals surface area contributed by atoms with Crippen molar-refractivity contribution in [3.8, 4) is 11.4 Å². The number of rotatable bonds is 2. The maximum Gasteiger partial charge on any atom is 0.263 e. The van der Waals surface area contributed by atoms with Crippen molar-refractivity contribution in [3.05, 3.63) is 34.3 Å². The van der Waals surface area contributed by atoms with E-state index in [1.807, 2.05) is 0 Å². The second-order valence-electron chi connectivity index (χ2n) is 2.79. The Morgan fingerprint density at radius 3 is 2.33 bits per heavy atom. The van der Waals surface area contributed by atoms with Crippen molar-refractivity contribution in [2.75, 3.05) is 0 Å². The lowest BCUT2D eigenvalue weighted by Crippen LogP contribution is -1.85. The van der Waals surface area contributed by atoms with Gasteiger partial charge in [-0.05, 0) is 23.1 Å². The van der Waals surface area contributed by atoms with Crippen molar-refractivity contribution in [1.29, 1.82) is 0 Å². The molecule has 2 nitrogen and oxygen atoms in total. The molecular weight excluding hydrogens is 242 g/mol. The lowest BCUT2D eigenvalue weighted by molar-refractivity contribution is 0.151. The van der Waals surface area contributed by atoms with Crippen LogP contribution in [0.1, 0.15) is 12.0 Å². The maximum absolute atomic E-state index is 12.3. The molecule has 0 aliphatic carbocycles. The molecule has 0 radical (unpaired) electrons. The molecule has 0 aliphatic heterocycles. The van der Waals surface area contributed by atoms with Crippen LogP contribution in [-0.2, 0) is 0 Å². The second kappa shape index (κ2) is 4.20. The molecule has 78 valence electrons. The Kier molecular flexibility index (Phi) is 2.93. The van der Waals surface area contributed by atoms with E-state index in [0.717, 1.165) is 11.5 Å². The number of alkyl halides is 2. The molecule has 0 bridgehead atoms. The average molecular weight is 247 g/mol. The Labute approximate surface area is 93.7 Å². The number of halogens is 3. The van der Waals surface area contributed by atoms with Crippen LogP contribution in [0.25, 0.3) is 11.4 Å². The van der Waals surface area contributed by atoms with E-state index in [-0.39, 0.29) is 5.56 Å². The molecule has 6 heteroatoms. The van der Waals surface area contributed by atoms with E-state index in [9.17, 15) is 8.78 Å². The van der Waals surface area contributed by atoms with Gasteiger partial charge in [-0.1, -0.05) is 24.3 Å². The minimum Gasteiger partial charge on any atom is -0.205 e. The van der Waals surface area contributed by atoms with E-state index in [1.165, 1.54) is 12.1 Å². The summed E-state index contributed by atoms with van der Waals surface area (Å²) in [6.45, 7) is 0. The zero-order valence-electron chi connectivity index (χ0n) is 7.32. The van der Waals surface area contributed by atoms with Crippen molar-refractivity contribution in [2.24, 2.45) is 0 Å². The van der Waals surface area contributed by atoms with Gasteiger partial charge in [-0.2, -0.15) is 4.37 Å². The topological polar surface area (TPSA) is 25.8 Å². The fourth-order valence-electron chi connectivity index (χ4n) is 1.10. The Hall–Kier alpha value is -1.07. The first-order chi connectivity index (χ1) is 7.16. The van der Waals surface area contributed by atoms with E-state index >= 15 is 0 Å². The summed E-state index contributed by atoms with van der Waals surface area (Å²) in [6.07, 6.45) is -2.45. The van der Waals surface area contributed by atoms with Crippen molar-refractivity contribution in [2.45, 2.75) is 6.43 Å². The van der Waals surface area contributed by atoms with Gasteiger partial charge in [0.1, 0.15) is 0 Å². The van der Waals surface area contributed by atoms with Crippen LogP contribution in [0.5, 0.6) is 0 Å². The number of benzene rings is 1. The first-order valence-corrected chi connectivity index (χ1v) is 5.19. The van der Waals surface area contributed by atoms with Crippen LogP contribution in [0.15, 0.2) is 24.3 Å². The molecule has 0 aliphatic rings. The molecule has 0 N–H and O–H groups in total. The lowest BCUT2D eigenvalue weighted by atomic mass is 10.1. The smallest absolute Gasteiger partial charge is 0.205 e. The predicted octanol–water partition coefficient (Wildman–Crippen LogP) is 3.80. The Morgan fingerprint density at radius 2 is 1.87 bits per heavy atom. The standard InChI is InChI=1S/C9H5ClF2N2S/c10-9-13-8(14-15-9)6-3-1-5(2-4-6)7(11)12/h1-4,7H. The van der Waals surface area contributed by atoms with Crippen molar-refractivity contribution in [3.63, 3.8) is 0 Å². The normalized spacial score (nSPS) is 10.9. The van der Waals surface area contributed by atoms with E-state index in [4.69, 9.17) is 11.6 Å². The molecule has 0 fully saturated rings. The molecule has 1 aromatic heterocycles. The summed E-state index contributed by atoms with van der Waals surface area (Å²) in [5.74, 6) is 0.464. The molecule has 0 spiro atoms. The Morgan fingerprint density at radius 1 is 1.20 bits per heavy atom. The van der Waals surface area contributed by atoms with Gasteiger partial charge in [0.2, 0.25) is 4.47 Å². The monoisotopic (exact) mass is 246 g/mol. The molecule has 1 heterocycles. The van der Waals surface area contributed by atoms with Crippen LogP contribution in [0, 0.1) is 0 Å². The summed E-state index contributed by atoms with van der Waals surface area (Å²) in [6, 6.07) is 5.82. The largest absolute Gasteiger partial charge is 0.263 e. The van der Waals surface area contributed by atoms with Gasteiger partial charge >= 0.3 is 0 Å². The van der Waals surface area contributed by atoms with Gasteiger partial charge in [0, 0.05) is 11.1 Å². The molecule has 0 atom stereocenters. The Bertz CT molecular complexity index is 455. The predicted molar refractivity (Wildman–Crippen MR) is 55.3 cm³/mol. The van der Waals surface area contributed by atoms with Crippen molar-refractivity contribution >= 4 is 23.1 Å². The number of aromatic nitrogens is 2. The molecule has 0 saturated heterocycles. The average Bonchev–Trinajstić information content (AvgIpc) is 2.65. The van der Waals surface area contributed by atoms with Gasteiger partial charge in [0.25, 0.3) is 6.43 Å². The van der Waals surface area contributed by atoms with Crippen LogP contribution in [0.4, 0.5) is 8.78 Å². The summed E-state index contributed by atoms with van der Waals surface area (Å²) in [4.78, 5) is 3.94. The molecular formula is C9H5ClF2N2S. The number of hydrogen-bond donors (Lipinski definition) is 0. The van der Waals surface area contributed by atoms with E-state index < -0.39 is 6.43 Å². The summed E-state index contributed by atoms with van der Waals surface area (Å²) in [5, 5.41) is 0. The third-order valence-electron chi connectivity index (χ3n) is 1.82. The third kappa shape index (κ3) is 2.30. The highest BCUT2D eigenvalue weighted by molar-refractivity contribution is 7.10. The number of hydrogen-bond acceptors (Lipinski definition) is 3. The summed E-state index contributed by atoms with van der Waals surface area (Å²) in [7, 11) is 0. The van der Waals surface area contributed by atoms with Crippen LogP contribution >= 0.6 is 23.1 Å². The molecule has 0 saturated carbocycles. The lowest BCUT2D eigenvalue weighted by Gasteiger charge is -1.99. The minimum atomic E-state index is -2.45. The second-order valence-corrected chi connectivity index (χ2v) is 4.13. The molecule has 2 rings (SSSR count). The van der Waals surface area contributed by atoms with Crippen molar-refractivity contribution < 1.29 is 8.78 Å². The first kappa shape index (κ1) is 10.4. The summed E-state index contributed by atoms with van der Waals surface area (Å²) in [5.41, 5.74) is 0.669. The minimum absolute atomic E-state index is 0.0138. The Balaban J connectivity index is 2.31. The van der Waals surface area contributed by atoms with Crippen LogP contribution in [-0.4, -0.2) is 9.36 Å². The number of nitrogens with zero attached hydrogens (tertiary/aromatic N) is 2. The summed E-state index contributed by atoms with van der Waals surface area (Å²) >= 11 is 6.68. The van der Waals surface area contributed by atoms with Crippen LogP contribution in [0.2, 0.25) is 4.47 Å². The highest BCUT2D eigenvalue weighted by Gasteiger charge is 2.08. The van der Waals surface area contributed by atoms with Gasteiger partial charge in [-0.15, -0.1) is 0 Å². The van der Waals surface area contributed by atoms with Gasteiger partial charge in [-0.25, -0.2) is 13.8 Å². The zero-order valence-corrected chi connectivity index (χ0v) is 8.90. The molecule has 2 aromatic rings. The van der Waals surface area contributed by atoms with Crippen LogP contribution < -0.4 is 0 Å².